The monoisotopic (exact) mass is 297 g/mol. The van der Waals surface area contributed by atoms with Gasteiger partial charge in [0, 0.05) is 17.8 Å². The van der Waals surface area contributed by atoms with Crippen LogP contribution in [0.2, 0.25) is 0 Å². The van der Waals surface area contributed by atoms with Crippen LogP contribution in [-0.2, 0) is 0 Å². The number of aryl methyl sites for hydroxylation is 1. The zero-order chi connectivity index (χ0) is 15.7. The third kappa shape index (κ3) is 2.63. The third-order valence-corrected chi connectivity index (χ3v) is 3.60. The van der Waals surface area contributed by atoms with Crippen molar-refractivity contribution in [2.75, 3.05) is 13.6 Å². The van der Waals surface area contributed by atoms with Crippen LogP contribution >= 0.6 is 0 Å². The van der Waals surface area contributed by atoms with E-state index < -0.39 is 0 Å². The fourth-order valence-corrected chi connectivity index (χ4v) is 2.46. The first-order valence-electron chi connectivity index (χ1n) is 6.96. The lowest BCUT2D eigenvalue weighted by Crippen LogP contribution is -2.32. The van der Waals surface area contributed by atoms with Crippen molar-refractivity contribution < 1.29 is 9.60 Å². The molecule has 0 aliphatic carbocycles. The third-order valence-electron chi connectivity index (χ3n) is 3.60. The summed E-state index contributed by atoms with van der Waals surface area (Å²) in [6.07, 6.45) is 0. The van der Waals surface area contributed by atoms with Crippen LogP contribution in [0.15, 0.2) is 52.4 Å². The van der Waals surface area contributed by atoms with Gasteiger partial charge in [0.05, 0.1) is 11.1 Å². The molecule has 0 atom stereocenters. The number of hydroxylamine groups is 2. The van der Waals surface area contributed by atoms with Gasteiger partial charge in [-0.1, -0.05) is 29.8 Å². The second-order valence-electron chi connectivity index (χ2n) is 5.19. The van der Waals surface area contributed by atoms with E-state index in [0.29, 0.717) is 22.1 Å². The molecule has 112 valence electrons. The van der Waals surface area contributed by atoms with E-state index >= 15 is 0 Å². The summed E-state index contributed by atoms with van der Waals surface area (Å²) in [6, 6.07) is 12.0. The van der Waals surface area contributed by atoms with Gasteiger partial charge < -0.3 is 0 Å². The highest BCUT2D eigenvalue weighted by Crippen LogP contribution is 2.16. The number of hydrogen-bond acceptors (Lipinski definition) is 3. The van der Waals surface area contributed by atoms with E-state index in [2.05, 4.69) is 9.98 Å². The Morgan fingerprint density at radius 1 is 1.18 bits per heavy atom. The van der Waals surface area contributed by atoms with Gasteiger partial charge in [-0.25, -0.2) is 14.4 Å². The van der Waals surface area contributed by atoms with Gasteiger partial charge in [-0.2, -0.15) is 0 Å². The number of nitrogens with zero attached hydrogens (tertiary/aromatic N) is 3. The van der Waals surface area contributed by atoms with Crippen LogP contribution in [0, 0.1) is 12.7 Å². The van der Waals surface area contributed by atoms with E-state index in [1.54, 1.807) is 13.1 Å². The number of fused-ring (bicyclic) bond motifs is 1. The molecule has 0 saturated carbocycles. The summed E-state index contributed by atoms with van der Waals surface area (Å²) >= 11 is 0. The number of aliphatic imine (C=N–C) groups is 1. The van der Waals surface area contributed by atoms with Crippen molar-refractivity contribution in [3.05, 3.63) is 70.0 Å². The minimum Gasteiger partial charge on any atom is -0.288 e. The quantitative estimate of drug-likeness (QED) is 0.870. The van der Waals surface area contributed by atoms with E-state index in [4.69, 9.17) is 0 Å². The van der Waals surface area contributed by atoms with Crippen LogP contribution in [-0.4, -0.2) is 29.7 Å². The molecule has 0 unspecified atom stereocenters. The molecule has 1 aliphatic heterocycles. The Hall–Kier alpha value is -2.53. The van der Waals surface area contributed by atoms with E-state index in [0.717, 1.165) is 16.2 Å². The van der Waals surface area contributed by atoms with Crippen molar-refractivity contribution in [2.24, 2.45) is 9.98 Å². The number of benzene rings is 2. The number of hydrogen-bond donors (Lipinski definition) is 1. The molecule has 1 aliphatic rings. The first-order chi connectivity index (χ1) is 10.6. The van der Waals surface area contributed by atoms with E-state index in [1.807, 2.05) is 31.2 Å². The highest BCUT2D eigenvalue weighted by atomic mass is 19.1. The Bertz CT molecular complexity index is 856. The maximum atomic E-state index is 13.7. The highest BCUT2D eigenvalue weighted by molar-refractivity contribution is 5.87. The highest BCUT2D eigenvalue weighted by Gasteiger charge is 2.17. The molecule has 0 bridgehead atoms. The molecule has 0 aromatic heterocycles. The van der Waals surface area contributed by atoms with E-state index in [9.17, 15) is 9.60 Å². The molecule has 2 aromatic carbocycles. The Morgan fingerprint density at radius 2 is 1.91 bits per heavy atom. The first-order valence-corrected chi connectivity index (χ1v) is 6.96. The summed E-state index contributed by atoms with van der Waals surface area (Å²) in [5, 5.41) is 12.7. The molecule has 2 aromatic rings. The van der Waals surface area contributed by atoms with Gasteiger partial charge in [-0.3, -0.25) is 10.2 Å². The van der Waals surface area contributed by atoms with Gasteiger partial charge in [-0.05, 0) is 25.1 Å². The molecule has 1 N–H and O–H groups in total. The average Bonchev–Trinajstić information content (AvgIpc) is 2.64. The Morgan fingerprint density at radius 3 is 2.59 bits per heavy atom. The maximum absolute atomic E-state index is 13.7. The minimum absolute atomic E-state index is 0.149. The van der Waals surface area contributed by atoms with Crippen LogP contribution in [0.1, 0.15) is 11.1 Å². The van der Waals surface area contributed by atoms with E-state index in [1.165, 1.54) is 12.1 Å². The summed E-state index contributed by atoms with van der Waals surface area (Å²) in [5.74, 6) is 0.112. The van der Waals surface area contributed by atoms with Crippen molar-refractivity contribution in [1.82, 2.24) is 5.06 Å². The fourth-order valence-electron chi connectivity index (χ4n) is 2.46. The largest absolute Gasteiger partial charge is 0.288 e. The molecule has 0 fully saturated rings. The molecule has 1 heterocycles. The van der Waals surface area contributed by atoms with Crippen molar-refractivity contribution in [1.29, 1.82) is 0 Å². The van der Waals surface area contributed by atoms with Crippen molar-refractivity contribution in [3.63, 3.8) is 0 Å². The number of rotatable bonds is 1. The summed E-state index contributed by atoms with van der Waals surface area (Å²) in [6.45, 7) is 2.14. The molecule has 5 heteroatoms. The fraction of sp³-hybridized carbons (Fsp3) is 0.176. The zero-order valence-corrected chi connectivity index (χ0v) is 12.4. The smallest absolute Gasteiger partial charge is 0.145 e. The SMILES string of the molecule is C/N=C1/CN(O)C(c2ccc(C)cc2)=c2cc(F)ccc2=N1. The molecule has 0 spiro atoms. The summed E-state index contributed by atoms with van der Waals surface area (Å²) < 4.78 is 13.7. The predicted molar refractivity (Wildman–Crippen MR) is 82.7 cm³/mol. The standard InChI is InChI=1S/C17H16FN3O/c1-11-3-5-12(6-4-11)17-14-9-13(18)7-8-15(14)20-16(19-2)10-21(17)22/h3-9,22H,10H2,1-2H3/b19-16-. The van der Waals surface area contributed by atoms with Gasteiger partial charge in [0.2, 0.25) is 0 Å². The van der Waals surface area contributed by atoms with Crippen LogP contribution in [0.25, 0.3) is 5.70 Å². The zero-order valence-electron chi connectivity index (χ0n) is 12.4. The molecule has 3 rings (SSSR count). The van der Waals surface area contributed by atoms with Crippen LogP contribution in [0.3, 0.4) is 0 Å². The summed E-state index contributed by atoms with van der Waals surface area (Å²) in [7, 11) is 1.62. The normalized spacial score (nSPS) is 16.3. The van der Waals surface area contributed by atoms with Gasteiger partial charge in [-0.15, -0.1) is 0 Å². The molecule has 0 radical (unpaired) electrons. The summed E-state index contributed by atoms with van der Waals surface area (Å²) in [4.78, 5) is 8.47. The van der Waals surface area contributed by atoms with Crippen LogP contribution in [0.5, 0.6) is 0 Å². The minimum atomic E-state index is -0.371. The van der Waals surface area contributed by atoms with Gasteiger partial charge in [0.1, 0.15) is 18.2 Å². The number of halogens is 1. The van der Waals surface area contributed by atoms with Gasteiger partial charge >= 0.3 is 0 Å². The second-order valence-corrected chi connectivity index (χ2v) is 5.19. The first kappa shape index (κ1) is 14.4. The molecule has 0 amide bonds. The predicted octanol–water partition coefficient (Wildman–Crippen LogP) is 1.64. The number of amidine groups is 1. The lowest BCUT2D eigenvalue weighted by molar-refractivity contribution is -0.0120. The van der Waals surface area contributed by atoms with Crippen LogP contribution in [0.4, 0.5) is 4.39 Å². The topological polar surface area (TPSA) is 48.2 Å². The maximum Gasteiger partial charge on any atom is 0.145 e. The molecule has 22 heavy (non-hydrogen) atoms. The molecular formula is C17H16FN3O. The van der Waals surface area contributed by atoms with Crippen LogP contribution < -0.4 is 10.6 Å². The van der Waals surface area contributed by atoms with E-state index in [-0.39, 0.29) is 12.4 Å². The molecular weight excluding hydrogens is 281 g/mol. The van der Waals surface area contributed by atoms with Gasteiger partial charge in [0.15, 0.2) is 0 Å². The van der Waals surface area contributed by atoms with Crippen molar-refractivity contribution >= 4 is 11.5 Å². The van der Waals surface area contributed by atoms with Crippen molar-refractivity contribution in [3.8, 4) is 0 Å². The molecule has 0 saturated heterocycles. The Balaban J connectivity index is 2.39. The summed E-state index contributed by atoms with van der Waals surface area (Å²) in [5.41, 5.74) is 2.44. The van der Waals surface area contributed by atoms with Gasteiger partial charge in [0.25, 0.3) is 0 Å². The van der Waals surface area contributed by atoms with Crippen molar-refractivity contribution in [2.45, 2.75) is 6.92 Å². The lowest BCUT2D eigenvalue weighted by atomic mass is 10.1. The molecule has 4 nitrogen and oxygen atoms in total. The Labute approximate surface area is 127 Å². The second kappa shape index (κ2) is 5.69. The average molecular weight is 297 g/mol. The Kier molecular flexibility index (Phi) is 3.73. The lowest BCUT2D eigenvalue weighted by Gasteiger charge is -2.19.